The second kappa shape index (κ2) is 4.94. The molecule has 0 bridgehead atoms. The molecule has 1 aliphatic heterocycles. The maximum atomic E-state index is 6.05. The fraction of sp³-hybridized carbons (Fsp3) is 0.533. The Kier molecular flexibility index (Phi) is 3.29. The molecule has 0 aliphatic carbocycles. The number of hydrogen-bond acceptors (Lipinski definition) is 3. The van der Waals surface area contributed by atoms with E-state index in [1.54, 1.807) is 0 Å². The topological polar surface area (TPSA) is 53.1 Å². The monoisotopic (exact) mass is 259 g/mol. The lowest BCUT2D eigenvalue weighted by Gasteiger charge is -2.35. The fourth-order valence-electron chi connectivity index (χ4n) is 3.03. The molecule has 2 N–H and O–H groups in total. The summed E-state index contributed by atoms with van der Waals surface area (Å²) in [6.45, 7) is 2.35. The molecule has 0 spiro atoms. The van der Waals surface area contributed by atoms with Crippen LogP contribution in [0.4, 0.5) is 0 Å². The smallest absolute Gasteiger partial charge is 0.0709 e. The summed E-state index contributed by atoms with van der Waals surface area (Å²) in [5.74, 6) is 0. The summed E-state index contributed by atoms with van der Waals surface area (Å²) in [7, 11) is 2.00. The summed E-state index contributed by atoms with van der Waals surface area (Å²) >= 11 is 0. The van der Waals surface area contributed by atoms with Gasteiger partial charge in [-0.1, -0.05) is 18.2 Å². The predicted octanol–water partition coefficient (Wildman–Crippen LogP) is 1.87. The quantitative estimate of drug-likeness (QED) is 0.915. The molecular weight excluding hydrogens is 238 g/mol. The van der Waals surface area contributed by atoms with Gasteiger partial charge in [0.1, 0.15) is 0 Å². The van der Waals surface area contributed by atoms with Gasteiger partial charge >= 0.3 is 0 Å². The van der Waals surface area contributed by atoms with E-state index in [0.717, 1.165) is 32.5 Å². The van der Waals surface area contributed by atoms with Crippen LogP contribution in [-0.2, 0) is 18.2 Å². The molecule has 0 atom stereocenters. The van der Waals surface area contributed by atoms with Crippen LogP contribution in [0.2, 0.25) is 0 Å². The minimum atomic E-state index is 0.162. The molecule has 0 radical (unpaired) electrons. The highest BCUT2D eigenvalue weighted by molar-refractivity contribution is 5.81. The lowest BCUT2D eigenvalue weighted by molar-refractivity contribution is 0.0188. The Balaban J connectivity index is 1.96. The van der Waals surface area contributed by atoms with Crippen molar-refractivity contribution in [1.82, 2.24) is 9.78 Å². The Bertz CT molecular complexity index is 570. The summed E-state index contributed by atoms with van der Waals surface area (Å²) in [4.78, 5) is 0. The van der Waals surface area contributed by atoms with Crippen molar-refractivity contribution >= 4 is 10.9 Å². The molecule has 19 heavy (non-hydrogen) atoms. The normalized spacial score (nSPS) is 18.8. The van der Waals surface area contributed by atoms with Gasteiger partial charge in [0.15, 0.2) is 0 Å². The van der Waals surface area contributed by atoms with E-state index in [4.69, 9.17) is 15.6 Å². The first-order chi connectivity index (χ1) is 9.24. The van der Waals surface area contributed by atoms with Gasteiger partial charge in [-0.05, 0) is 37.3 Å². The van der Waals surface area contributed by atoms with Gasteiger partial charge in [-0.15, -0.1) is 0 Å². The van der Waals surface area contributed by atoms with Crippen molar-refractivity contribution < 1.29 is 4.74 Å². The van der Waals surface area contributed by atoms with E-state index < -0.39 is 0 Å². The van der Waals surface area contributed by atoms with Crippen molar-refractivity contribution in [3.8, 4) is 0 Å². The van der Waals surface area contributed by atoms with E-state index in [9.17, 15) is 0 Å². The summed E-state index contributed by atoms with van der Waals surface area (Å²) in [6, 6.07) is 8.40. The Labute approximate surface area is 113 Å². The second-order valence-corrected chi connectivity index (χ2v) is 5.58. The Morgan fingerprint density at radius 1 is 1.32 bits per heavy atom. The molecule has 4 nitrogen and oxygen atoms in total. The average Bonchev–Trinajstić information content (AvgIpc) is 2.77. The third-order valence-corrected chi connectivity index (χ3v) is 4.36. The van der Waals surface area contributed by atoms with Crippen LogP contribution in [0.5, 0.6) is 0 Å². The first-order valence-electron chi connectivity index (χ1n) is 6.93. The number of aryl methyl sites for hydroxylation is 1. The van der Waals surface area contributed by atoms with Crippen molar-refractivity contribution in [2.45, 2.75) is 19.3 Å². The molecule has 102 valence electrons. The molecule has 2 aromatic rings. The second-order valence-electron chi connectivity index (χ2n) is 5.58. The SMILES string of the molecule is Cn1nc(CC2(CN)CCOCC2)c2ccccc21. The summed E-state index contributed by atoms with van der Waals surface area (Å²) in [5, 5.41) is 5.95. The van der Waals surface area contributed by atoms with Crippen molar-refractivity contribution in [2.75, 3.05) is 19.8 Å². The lowest BCUT2D eigenvalue weighted by atomic mass is 9.76. The standard InChI is InChI=1S/C15H21N3O/c1-18-14-5-3-2-4-12(14)13(17-18)10-15(11-16)6-8-19-9-7-15/h2-5H,6-11,16H2,1H3. The van der Waals surface area contributed by atoms with Crippen molar-refractivity contribution in [3.05, 3.63) is 30.0 Å². The molecule has 1 aromatic carbocycles. The highest BCUT2D eigenvalue weighted by Gasteiger charge is 2.32. The average molecular weight is 259 g/mol. The van der Waals surface area contributed by atoms with Gasteiger partial charge in [0.2, 0.25) is 0 Å². The van der Waals surface area contributed by atoms with Crippen LogP contribution in [0.3, 0.4) is 0 Å². The van der Waals surface area contributed by atoms with Crippen molar-refractivity contribution in [2.24, 2.45) is 18.2 Å². The lowest BCUT2D eigenvalue weighted by Crippen LogP contribution is -2.38. The van der Waals surface area contributed by atoms with Gasteiger partial charge < -0.3 is 10.5 Å². The minimum absolute atomic E-state index is 0.162. The fourth-order valence-corrected chi connectivity index (χ4v) is 3.03. The molecule has 0 saturated carbocycles. The number of nitrogens with zero attached hydrogens (tertiary/aromatic N) is 2. The van der Waals surface area contributed by atoms with Crippen LogP contribution < -0.4 is 5.73 Å². The van der Waals surface area contributed by atoms with E-state index in [2.05, 4.69) is 24.3 Å². The van der Waals surface area contributed by atoms with Gasteiger partial charge in [-0.2, -0.15) is 5.10 Å². The van der Waals surface area contributed by atoms with E-state index in [0.29, 0.717) is 6.54 Å². The number of nitrogens with two attached hydrogens (primary N) is 1. The van der Waals surface area contributed by atoms with Crippen LogP contribution in [0.1, 0.15) is 18.5 Å². The predicted molar refractivity (Wildman–Crippen MR) is 76.0 cm³/mol. The third-order valence-electron chi connectivity index (χ3n) is 4.36. The zero-order valence-corrected chi connectivity index (χ0v) is 11.4. The highest BCUT2D eigenvalue weighted by atomic mass is 16.5. The molecule has 1 aromatic heterocycles. The summed E-state index contributed by atoms with van der Waals surface area (Å²) < 4.78 is 7.44. The van der Waals surface area contributed by atoms with Gasteiger partial charge in [-0.25, -0.2) is 0 Å². The number of ether oxygens (including phenoxy) is 1. The van der Waals surface area contributed by atoms with E-state index in [1.165, 1.54) is 16.6 Å². The maximum Gasteiger partial charge on any atom is 0.0709 e. The van der Waals surface area contributed by atoms with E-state index in [-0.39, 0.29) is 5.41 Å². The van der Waals surface area contributed by atoms with E-state index in [1.807, 2.05) is 11.7 Å². The largest absolute Gasteiger partial charge is 0.381 e. The van der Waals surface area contributed by atoms with Gasteiger partial charge in [0.25, 0.3) is 0 Å². The number of rotatable bonds is 3. The first kappa shape index (κ1) is 12.6. The number of fused-ring (bicyclic) bond motifs is 1. The molecule has 4 heteroatoms. The number of para-hydroxylation sites is 1. The van der Waals surface area contributed by atoms with Gasteiger partial charge in [-0.3, -0.25) is 4.68 Å². The Morgan fingerprint density at radius 3 is 2.79 bits per heavy atom. The number of aromatic nitrogens is 2. The number of hydrogen-bond donors (Lipinski definition) is 1. The molecule has 0 unspecified atom stereocenters. The summed E-state index contributed by atoms with van der Waals surface area (Å²) in [5.41, 5.74) is 8.57. The van der Waals surface area contributed by atoms with Crippen LogP contribution in [0, 0.1) is 5.41 Å². The first-order valence-corrected chi connectivity index (χ1v) is 6.93. The molecule has 3 rings (SSSR count). The summed E-state index contributed by atoms with van der Waals surface area (Å²) in [6.07, 6.45) is 3.02. The van der Waals surface area contributed by atoms with Crippen molar-refractivity contribution in [1.29, 1.82) is 0 Å². The van der Waals surface area contributed by atoms with Gasteiger partial charge in [0.05, 0.1) is 11.2 Å². The van der Waals surface area contributed by atoms with Crippen LogP contribution in [0.25, 0.3) is 10.9 Å². The Morgan fingerprint density at radius 2 is 2.05 bits per heavy atom. The van der Waals surface area contributed by atoms with Crippen molar-refractivity contribution in [3.63, 3.8) is 0 Å². The van der Waals surface area contributed by atoms with Gasteiger partial charge in [0, 0.05) is 25.6 Å². The molecule has 0 amide bonds. The minimum Gasteiger partial charge on any atom is -0.381 e. The zero-order valence-electron chi connectivity index (χ0n) is 11.4. The molecule has 2 heterocycles. The third kappa shape index (κ3) is 2.26. The molecule has 1 aliphatic rings. The Hall–Kier alpha value is -1.39. The zero-order chi connectivity index (χ0) is 13.3. The van der Waals surface area contributed by atoms with Crippen LogP contribution >= 0.6 is 0 Å². The van der Waals surface area contributed by atoms with E-state index >= 15 is 0 Å². The highest BCUT2D eigenvalue weighted by Crippen LogP contribution is 2.34. The van der Waals surface area contributed by atoms with Crippen LogP contribution in [0.15, 0.2) is 24.3 Å². The molecule has 1 saturated heterocycles. The molecule has 1 fully saturated rings. The number of benzene rings is 1. The molecular formula is C15H21N3O. The maximum absolute atomic E-state index is 6.05. The van der Waals surface area contributed by atoms with Crippen LogP contribution in [-0.4, -0.2) is 29.5 Å².